The molecule has 1 saturated heterocycles. The van der Waals surface area contributed by atoms with E-state index < -0.39 is 5.67 Å². The maximum absolute atomic E-state index is 15.8. The van der Waals surface area contributed by atoms with Crippen molar-refractivity contribution < 1.29 is 13.9 Å². The van der Waals surface area contributed by atoms with Crippen molar-refractivity contribution in [3.8, 4) is 11.6 Å². The number of halogens is 1. The van der Waals surface area contributed by atoms with E-state index in [2.05, 4.69) is 21.8 Å². The Kier molecular flexibility index (Phi) is 5.23. The number of ether oxygens (including phenoxy) is 2. The Hall–Kier alpha value is -2.21. The van der Waals surface area contributed by atoms with Crippen molar-refractivity contribution in [2.45, 2.75) is 51.7 Å². The van der Waals surface area contributed by atoms with Gasteiger partial charge >= 0.3 is 0 Å². The summed E-state index contributed by atoms with van der Waals surface area (Å²) in [5, 5.41) is 0. The molecule has 0 amide bonds. The third kappa shape index (κ3) is 4.12. The van der Waals surface area contributed by atoms with E-state index in [4.69, 9.17) is 9.47 Å². The maximum Gasteiger partial charge on any atom is 0.257 e. The Morgan fingerprint density at radius 3 is 2.68 bits per heavy atom. The van der Waals surface area contributed by atoms with Gasteiger partial charge in [-0.25, -0.2) is 9.37 Å². The fourth-order valence-electron chi connectivity index (χ4n) is 4.35. The normalized spacial score (nSPS) is 23.4. The first-order valence-corrected chi connectivity index (χ1v) is 10.1. The summed E-state index contributed by atoms with van der Waals surface area (Å²) in [5.74, 6) is 1.23. The van der Waals surface area contributed by atoms with Crippen LogP contribution in [0.4, 0.5) is 4.39 Å². The van der Waals surface area contributed by atoms with Crippen LogP contribution < -0.4 is 9.47 Å². The van der Waals surface area contributed by atoms with Crippen LogP contribution in [-0.4, -0.2) is 46.8 Å². The van der Waals surface area contributed by atoms with E-state index in [0.29, 0.717) is 44.2 Å². The van der Waals surface area contributed by atoms with E-state index in [-0.39, 0.29) is 6.04 Å². The highest BCUT2D eigenvalue weighted by molar-refractivity contribution is 5.36. The number of aromatic nitrogens is 2. The Balaban J connectivity index is 1.49. The zero-order valence-electron chi connectivity index (χ0n) is 16.9. The molecule has 2 aliphatic rings. The van der Waals surface area contributed by atoms with Gasteiger partial charge in [0, 0.05) is 30.4 Å². The summed E-state index contributed by atoms with van der Waals surface area (Å²) in [5.41, 5.74) is 2.57. The number of alkyl halides is 1. The van der Waals surface area contributed by atoms with Crippen molar-refractivity contribution in [2.24, 2.45) is 0 Å². The van der Waals surface area contributed by atoms with Gasteiger partial charge in [-0.3, -0.25) is 9.88 Å². The third-order valence-electron chi connectivity index (χ3n) is 5.62. The second-order valence-electron chi connectivity index (χ2n) is 8.07. The number of likely N-dealkylation sites (tertiary alicyclic amines) is 1. The average Bonchev–Trinajstić information content (AvgIpc) is 2.66. The van der Waals surface area contributed by atoms with Crippen molar-refractivity contribution in [3.63, 3.8) is 0 Å². The van der Waals surface area contributed by atoms with Crippen LogP contribution in [0.1, 0.15) is 48.5 Å². The lowest BCUT2D eigenvalue weighted by molar-refractivity contribution is 0.0246. The topological polar surface area (TPSA) is 47.5 Å². The van der Waals surface area contributed by atoms with Crippen molar-refractivity contribution in [1.29, 1.82) is 0 Å². The van der Waals surface area contributed by atoms with Crippen LogP contribution in [0.15, 0.2) is 24.3 Å². The van der Waals surface area contributed by atoms with Crippen LogP contribution in [-0.2, 0) is 6.42 Å². The lowest BCUT2D eigenvalue weighted by Gasteiger charge is -2.40. The molecule has 0 bridgehead atoms. The van der Waals surface area contributed by atoms with Gasteiger partial charge in [0.15, 0.2) is 5.75 Å². The molecule has 4 heterocycles. The first-order chi connectivity index (χ1) is 13.4. The summed E-state index contributed by atoms with van der Waals surface area (Å²) < 4.78 is 27.0. The number of nitrogens with zero attached hydrogens (tertiary/aromatic N) is 3. The van der Waals surface area contributed by atoms with Crippen molar-refractivity contribution in [1.82, 2.24) is 14.9 Å². The highest BCUT2D eigenvalue weighted by Crippen LogP contribution is 2.35. The molecule has 5 nitrogen and oxygen atoms in total. The molecule has 1 unspecified atom stereocenters. The molecule has 4 rings (SSSR count). The molecule has 0 saturated carbocycles. The van der Waals surface area contributed by atoms with E-state index in [1.54, 1.807) is 0 Å². The number of piperidine rings is 1. The van der Waals surface area contributed by atoms with Gasteiger partial charge in [-0.1, -0.05) is 0 Å². The molecular formula is C22H28FN3O2. The predicted octanol–water partition coefficient (Wildman–Crippen LogP) is 3.97. The molecule has 2 aromatic rings. The molecule has 0 N–H and O–H groups in total. The van der Waals surface area contributed by atoms with E-state index >= 15 is 4.39 Å². The van der Waals surface area contributed by atoms with Crippen LogP contribution in [0.25, 0.3) is 0 Å². The first-order valence-electron chi connectivity index (χ1n) is 10.1. The molecule has 150 valence electrons. The molecular weight excluding hydrogens is 357 g/mol. The summed E-state index contributed by atoms with van der Waals surface area (Å²) in [6, 6.07) is 7.88. The van der Waals surface area contributed by atoms with Crippen LogP contribution in [0.2, 0.25) is 0 Å². The third-order valence-corrected chi connectivity index (χ3v) is 5.62. The molecule has 28 heavy (non-hydrogen) atoms. The minimum atomic E-state index is -1.24. The minimum Gasteiger partial charge on any atom is -0.484 e. The lowest BCUT2D eigenvalue weighted by atomic mass is 9.87. The SMILES string of the molecule is Cc1cc(CC2(F)CCCN([C@H](C)c3ccc4c(n3)OCCO4)C2)cc(C)n1. The lowest BCUT2D eigenvalue weighted by Crippen LogP contribution is -2.47. The fourth-order valence-corrected chi connectivity index (χ4v) is 4.35. The van der Waals surface area contributed by atoms with Gasteiger partial charge in [0.1, 0.15) is 18.9 Å². The summed E-state index contributed by atoms with van der Waals surface area (Å²) in [6.07, 6.45) is 1.86. The van der Waals surface area contributed by atoms with Crippen LogP contribution in [0.3, 0.4) is 0 Å². The molecule has 2 aromatic heterocycles. The zero-order chi connectivity index (χ0) is 19.7. The van der Waals surface area contributed by atoms with Gasteiger partial charge < -0.3 is 9.47 Å². The Morgan fingerprint density at radius 1 is 1.14 bits per heavy atom. The van der Waals surface area contributed by atoms with Crippen LogP contribution in [0.5, 0.6) is 11.6 Å². The number of aryl methyl sites for hydroxylation is 2. The molecule has 0 spiro atoms. The van der Waals surface area contributed by atoms with E-state index in [1.807, 2.05) is 38.1 Å². The summed E-state index contributed by atoms with van der Waals surface area (Å²) in [7, 11) is 0. The molecule has 2 aliphatic heterocycles. The summed E-state index contributed by atoms with van der Waals surface area (Å²) in [4.78, 5) is 11.2. The van der Waals surface area contributed by atoms with Crippen molar-refractivity contribution in [2.75, 3.05) is 26.3 Å². The molecule has 0 aromatic carbocycles. The number of hydrogen-bond donors (Lipinski definition) is 0. The maximum atomic E-state index is 15.8. The zero-order valence-corrected chi connectivity index (χ0v) is 16.9. The number of fused-ring (bicyclic) bond motifs is 1. The molecule has 6 heteroatoms. The van der Waals surface area contributed by atoms with Crippen LogP contribution >= 0.6 is 0 Å². The van der Waals surface area contributed by atoms with Gasteiger partial charge in [-0.15, -0.1) is 0 Å². The van der Waals surface area contributed by atoms with Crippen molar-refractivity contribution in [3.05, 3.63) is 46.9 Å². The largest absolute Gasteiger partial charge is 0.484 e. The number of pyridine rings is 2. The minimum absolute atomic E-state index is 0.0205. The monoisotopic (exact) mass is 385 g/mol. The highest BCUT2D eigenvalue weighted by Gasteiger charge is 2.38. The molecule has 2 atom stereocenters. The second-order valence-corrected chi connectivity index (χ2v) is 8.07. The van der Waals surface area contributed by atoms with E-state index in [9.17, 15) is 0 Å². The van der Waals surface area contributed by atoms with Gasteiger partial charge in [0.2, 0.25) is 0 Å². The first kappa shape index (κ1) is 19.1. The van der Waals surface area contributed by atoms with E-state index in [1.165, 1.54) is 0 Å². The Bertz CT molecular complexity index is 839. The summed E-state index contributed by atoms with van der Waals surface area (Å²) in [6.45, 7) is 8.36. The highest BCUT2D eigenvalue weighted by atomic mass is 19.1. The smallest absolute Gasteiger partial charge is 0.257 e. The molecule has 1 fully saturated rings. The number of rotatable bonds is 4. The standard InChI is InChI=1S/C22H28FN3O2/c1-15-11-18(12-16(2)24-15)13-22(23)7-4-8-26(14-22)17(3)19-5-6-20-21(25-19)28-10-9-27-20/h5-6,11-12,17H,4,7-10,13-14H2,1-3H3/t17-,22?/m1/s1. The summed E-state index contributed by atoms with van der Waals surface area (Å²) >= 11 is 0. The Labute approximate surface area is 165 Å². The van der Waals surface area contributed by atoms with Gasteiger partial charge in [0.25, 0.3) is 5.88 Å². The van der Waals surface area contributed by atoms with Crippen LogP contribution in [0, 0.1) is 13.8 Å². The van der Waals surface area contributed by atoms with E-state index in [0.717, 1.165) is 35.6 Å². The van der Waals surface area contributed by atoms with Gasteiger partial charge in [0.05, 0.1) is 5.69 Å². The van der Waals surface area contributed by atoms with Gasteiger partial charge in [-0.2, -0.15) is 0 Å². The molecule has 0 radical (unpaired) electrons. The molecule has 0 aliphatic carbocycles. The van der Waals surface area contributed by atoms with Crippen molar-refractivity contribution >= 4 is 0 Å². The second kappa shape index (κ2) is 7.66. The Morgan fingerprint density at radius 2 is 1.89 bits per heavy atom. The predicted molar refractivity (Wildman–Crippen MR) is 106 cm³/mol. The number of hydrogen-bond acceptors (Lipinski definition) is 5. The fraction of sp³-hybridized carbons (Fsp3) is 0.545. The average molecular weight is 385 g/mol. The quantitative estimate of drug-likeness (QED) is 0.797. The van der Waals surface area contributed by atoms with Gasteiger partial charge in [-0.05, 0) is 70.0 Å².